The Kier molecular flexibility index (Phi) is 4.56. The number of hydrogen-bond acceptors (Lipinski definition) is 5. The molecule has 10 heteroatoms. The lowest BCUT2D eigenvalue weighted by molar-refractivity contribution is -0.142. The summed E-state index contributed by atoms with van der Waals surface area (Å²) < 4.78 is 43.7. The van der Waals surface area contributed by atoms with Crippen molar-refractivity contribution in [1.82, 2.24) is 20.4 Å². The molecule has 148 valence electrons. The van der Waals surface area contributed by atoms with Crippen molar-refractivity contribution in [2.75, 3.05) is 19.6 Å². The highest BCUT2D eigenvalue weighted by atomic mass is 19.4. The molecule has 0 bridgehead atoms. The van der Waals surface area contributed by atoms with Crippen LogP contribution < -0.4 is 5.32 Å². The molecular formula is C18H17F3N4O3. The van der Waals surface area contributed by atoms with Crippen LogP contribution in [0.25, 0.3) is 11.4 Å². The molecular weight excluding hydrogens is 377 g/mol. The van der Waals surface area contributed by atoms with Gasteiger partial charge in [0.2, 0.25) is 23.5 Å². The van der Waals surface area contributed by atoms with Gasteiger partial charge in [-0.2, -0.15) is 18.2 Å². The van der Waals surface area contributed by atoms with Gasteiger partial charge in [-0.3, -0.25) is 9.59 Å². The topological polar surface area (TPSA) is 88.3 Å². The number of likely N-dealkylation sites (tertiary alicyclic amines) is 1. The molecule has 7 nitrogen and oxygen atoms in total. The first kappa shape index (κ1) is 18.5. The minimum Gasteiger partial charge on any atom is -0.355 e. The van der Waals surface area contributed by atoms with Crippen LogP contribution in [0, 0.1) is 5.92 Å². The van der Waals surface area contributed by atoms with E-state index in [2.05, 4.69) is 15.5 Å². The van der Waals surface area contributed by atoms with Crippen molar-refractivity contribution in [3.05, 3.63) is 35.7 Å². The second-order valence-corrected chi connectivity index (χ2v) is 7.01. The van der Waals surface area contributed by atoms with E-state index in [0.29, 0.717) is 38.4 Å². The van der Waals surface area contributed by atoms with E-state index in [9.17, 15) is 22.8 Å². The van der Waals surface area contributed by atoms with Crippen LogP contribution in [-0.4, -0.2) is 46.5 Å². The lowest BCUT2D eigenvalue weighted by Gasteiger charge is -2.39. The predicted octanol–water partition coefficient (Wildman–Crippen LogP) is 2.21. The number of nitrogens with one attached hydrogen (secondary N) is 1. The summed E-state index contributed by atoms with van der Waals surface area (Å²) in [5.74, 6) is -0.0437. The zero-order chi connectivity index (χ0) is 19.9. The second kappa shape index (κ2) is 6.92. The molecule has 2 amide bonds. The highest BCUT2D eigenvalue weighted by molar-refractivity contribution is 5.84. The van der Waals surface area contributed by atoms with Gasteiger partial charge in [0.25, 0.3) is 0 Å². The Morgan fingerprint density at radius 3 is 2.75 bits per heavy atom. The maximum atomic E-state index is 12.8. The molecule has 0 spiro atoms. The summed E-state index contributed by atoms with van der Waals surface area (Å²) in [4.78, 5) is 29.5. The summed E-state index contributed by atoms with van der Waals surface area (Å²) >= 11 is 0. The SMILES string of the molecule is O=C1CCC(C(=O)N2CC(c3nc(-c4cccc(C(F)(F)F)c4)no3)C2)CN1. The molecule has 2 aliphatic rings. The van der Waals surface area contributed by atoms with E-state index in [1.807, 2.05) is 0 Å². The van der Waals surface area contributed by atoms with Crippen molar-refractivity contribution in [3.63, 3.8) is 0 Å². The third-order valence-corrected chi connectivity index (χ3v) is 5.05. The largest absolute Gasteiger partial charge is 0.416 e. The lowest BCUT2D eigenvalue weighted by Crippen LogP contribution is -2.53. The Labute approximate surface area is 157 Å². The molecule has 3 heterocycles. The molecule has 1 unspecified atom stereocenters. The van der Waals surface area contributed by atoms with Crippen molar-refractivity contribution in [2.45, 2.75) is 24.9 Å². The number of hydrogen-bond donors (Lipinski definition) is 1. The van der Waals surface area contributed by atoms with Gasteiger partial charge in [-0.1, -0.05) is 17.3 Å². The van der Waals surface area contributed by atoms with Gasteiger partial charge < -0.3 is 14.7 Å². The first-order chi connectivity index (χ1) is 13.3. The highest BCUT2D eigenvalue weighted by Crippen LogP contribution is 2.33. The normalized spacial score (nSPS) is 20.6. The zero-order valence-corrected chi connectivity index (χ0v) is 14.7. The molecule has 4 rings (SSSR count). The number of carbonyl (C=O) groups excluding carboxylic acids is 2. The fourth-order valence-electron chi connectivity index (χ4n) is 3.37. The number of aromatic nitrogens is 2. The Bertz CT molecular complexity index is 895. The van der Waals surface area contributed by atoms with Gasteiger partial charge in [-0.15, -0.1) is 0 Å². The molecule has 1 N–H and O–H groups in total. The molecule has 1 aromatic heterocycles. The van der Waals surface area contributed by atoms with Gasteiger partial charge in [0, 0.05) is 31.6 Å². The molecule has 2 aromatic rings. The first-order valence-electron chi connectivity index (χ1n) is 8.88. The van der Waals surface area contributed by atoms with Crippen molar-refractivity contribution in [3.8, 4) is 11.4 Å². The summed E-state index contributed by atoms with van der Waals surface area (Å²) in [6, 6.07) is 4.73. The third kappa shape index (κ3) is 3.58. The fourth-order valence-corrected chi connectivity index (χ4v) is 3.37. The minimum atomic E-state index is -4.45. The number of nitrogens with zero attached hydrogens (tertiary/aromatic N) is 3. The van der Waals surface area contributed by atoms with E-state index < -0.39 is 11.7 Å². The van der Waals surface area contributed by atoms with Crippen molar-refractivity contribution < 1.29 is 27.3 Å². The van der Waals surface area contributed by atoms with Gasteiger partial charge in [0.05, 0.1) is 17.4 Å². The Balaban J connectivity index is 1.39. The smallest absolute Gasteiger partial charge is 0.355 e. The van der Waals surface area contributed by atoms with E-state index in [1.54, 1.807) is 4.90 Å². The van der Waals surface area contributed by atoms with Crippen LogP contribution in [0.3, 0.4) is 0 Å². The fraction of sp³-hybridized carbons (Fsp3) is 0.444. The molecule has 2 fully saturated rings. The Morgan fingerprint density at radius 2 is 2.07 bits per heavy atom. The standard InChI is InChI=1S/C18H17F3N4O3/c19-18(20,21)13-3-1-2-10(6-13)15-23-16(28-24-15)12-8-25(9-12)17(27)11-4-5-14(26)22-7-11/h1-3,6,11-12H,4-5,7-9H2,(H,22,26). The molecule has 2 aliphatic heterocycles. The maximum absolute atomic E-state index is 12.8. The average Bonchev–Trinajstić information content (AvgIpc) is 3.10. The highest BCUT2D eigenvalue weighted by Gasteiger charge is 2.39. The van der Waals surface area contributed by atoms with E-state index in [4.69, 9.17) is 4.52 Å². The number of alkyl halides is 3. The molecule has 1 atom stereocenters. The number of carbonyl (C=O) groups is 2. The quantitative estimate of drug-likeness (QED) is 0.862. The molecule has 0 saturated carbocycles. The van der Waals surface area contributed by atoms with Crippen LogP contribution in [0.4, 0.5) is 13.2 Å². The third-order valence-electron chi connectivity index (χ3n) is 5.05. The van der Waals surface area contributed by atoms with Gasteiger partial charge in [0.1, 0.15) is 0 Å². The lowest BCUT2D eigenvalue weighted by atomic mass is 9.93. The van der Waals surface area contributed by atoms with Gasteiger partial charge in [-0.05, 0) is 18.6 Å². The maximum Gasteiger partial charge on any atom is 0.416 e. The Morgan fingerprint density at radius 1 is 1.29 bits per heavy atom. The number of halogens is 3. The Hall–Kier alpha value is -2.91. The van der Waals surface area contributed by atoms with Crippen LogP contribution >= 0.6 is 0 Å². The van der Waals surface area contributed by atoms with Crippen molar-refractivity contribution >= 4 is 11.8 Å². The number of amides is 2. The van der Waals surface area contributed by atoms with Gasteiger partial charge in [0.15, 0.2) is 0 Å². The summed E-state index contributed by atoms with van der Waals surface area (Å²) in [6.45, 7) is 1.17. The molecule has 0 aliphatic carbocycles. The monoisotopic (exact) mass is 394 g/mol. The number of benzene rings is 1. The van der Waals surface area contributed by atoms with Crippen molar-refractivity contribution in [1.29, 1.82) is 0 Å². The first-order valence-corrected chi connectivity index (χ1v) is 8.88. The summed E-state index contributed by atoms with van der Waals surface area (Å²) in [5, 5.41) is 6.46. The summed E-state index contributed by atoms with van der Waals surface area (Å²) in [5.41, 5.74) is -0.564. The van der Waals surface area contributed by atoms with Gasteiger partial charge in [-0.25, -0.2) is 0 Å². The number of rotatable bonds is 3. The van der Waals surface area contributed by atoms with Crippen LogP contribution in [0.2, 0.25) is 0 Å². The van der Waals surface area contributed by atoms with Crippen LogP contribution in [0.15, 0.2) is 28.8 Å². The van der Waals surface area contributed by atoms with E-state index >= 15 is 0 Å². The summed E-state index contributed by atoms with van der Waals surface area (Å²) in [6.07, 6.45) is -3.57. The second-order valence-electron chi connectivity index (χ2n) is 7.01. The molecule has 28 heavy (non-hydrogen) atoms. The van der Waals surface area contributed by atoms with Crippen LogP contribution in [0.1, 0.15) is 30.2 Å². The average molecular weight is 394 g/mol. The van der Waals surface area contributed by atoms with E-state index in [-0.39, 0.29) is 35.0 Å². The number of piperidine rings is 1. The molecule has 0 radical (unpaired) electrons. The molecule has 1 aromatic carbocycles. The van der Waals surface area contributed by atoms with Gasteiger partial charge >= 0.3 is 6.18 Å². The zero-order valence-electron chi connectivity index (χ0n) is 14.7. The molecule has 2 saturated heterocycles. The minimum absolute atomic E-state index is 0.0196. The van der Waals surface area contributed by atoms with Crippen molar-refractivity contribution in [2.24, 2.45) is 5.92 Å². The van der Waals surface area contributed by atoms with E-state index in [0.717, 1.165) is 12.1 Å². The summed E-state index contributed by atoms with van der Waals surface area (Å²) in [7, 11) is 0. The van der Waals surface area contributed by atoms with E-state index in [1.165, 1.54) is 12.1 Å². The predicted molar refractivity (Wildman–Crippen MR) is 89.8 cm³/mol. The van der Waals surface area contributed by atoms with Crippen LogP contribution in [-0.2, 0) is 15.8 Å². The van der Waals surface area contributed by atoms with Crippen LogP contribution in [0.5, 0.6) is 0 Å².